The minimum Gasteiger partial charge on any atom is -0.458 e. The van der Waals surface area contributed by atoms with Crippen molar-refractivity contribution in [1.82, 2.24) is 9.55 Å². The van der Waals surface area contributed by atoms with E-state index in [9.17, 15) is 19.5 Å². The lowest BCUT2D eigenvalue weighted by molar-refractivity contribution is -0.172. The molecule has 32 heavy (non-hydrogen) atoms. The molecule has 0 aliphatic carbocycles. The van der Waals surface area contributed by atoms with Crippen molar-refractivity contribution in [1.29, 1.82) is 0 Å². The van der Waals surface area contributed by atoms with E-state index in [0.717, 1.165) is 16.5 Å². The number of aryl methyl sites for hydroxylation is 1. The molecule has 0 amide bonds. The quantitative estimate of drug-likeness (QED) is 0.373. The van der Waals surface area contributed by atoms with Crippen LogP contribution in [0, 0.1) is 0 Å². The number of aromatic nitrogens is 2. The number of Topliss-reactive ketones (excluding diaryl/α,β-unsaturated/α-hetero) is 1. The molecular weight excluding hydrogens is 410 g/mol. The van der Waals surface area contributed by atoms with Crippen molar-refractivity contribution in [2.75, 3.05) is 5.73 Å². The number of nitrogen functional groups attached to an aromatic ring is 1. The van der Waals surface area contributed by atoms with Gasteiger partial charge in [-0.2, -0.15) is 0 Å². The topological polar surface area (TPSA) is 125 Å². The smallest absolute Gasteiger partial charge is 0.343 e. The molecule has 2 aliphatic heterocycles. The molecule has 0 radical (unpaired) electrons. The molecule has 8 heteroatoms. The zero-order valence-corrected chi connectivity index (χ0v) is 17.9. The summed E-state index contributed by atoms with van der Waals surface area (Å²) >= 11 is 0. The standard InChI is InChI=1S/C24H23N3O5/c1-3-24(31)17-9-19-21-14(10-27(19)22(29)16(17)11-32-23(24)30)8-15-18(26-21)7-6-13(20(15)25)5-4-12(2)28/h6-9,31H,3-5,10-11,25H2,1-2H3/t24-/m0/s1. The normalized spacial score (nSPS) is 18.8. The first-order chi connectivity index (χ1) is 15.2. The van der Waals surface area contributed by atoms with Crippen LogP contribution in [0.5, 0.6) is 0 Å². The maximum Gasteiger partial charge on any atom is 0.343 e. The van der Waals surface area contributed by atoms with Gasteiger partial charge in [-0.3, -0.25) is 4.79 Å². The van der Waals surface area contributed by atoms with Gasteiger partial charge in [0.05, 0.1) is 29.0 Å². The van der Waals surface area contributed by atoms with Crippen molar-refractivity contribution in [3.63, 3.8) is 0 Å². The third kappa shape index (κ3) is 2.79. The Bertz CT molecular complexity index is 1390. The van der Waals surface area contributed by atoms with Gasteiger partial charge in [0.25, 0.3) is 5.56 Å². The van der Waals surface area contributed by atoms with Gasteiger partial charge in [-0.15, -0.1) is 0 Å². The van der Waals surface area contributed by atoms with Gasteiger partial charge in [-0.1, -0.05) is 13.0 Å². The molecule has 0 saturated heterocycles. The van der Waals surface area contributed by atoms with Gasteiger partial charge in [-0.25, -0.2) is 9.78 Å². The van der Waals surface area contributed by atoms with Gasteiger partial charge in [-0.05, 0) is 43.5 Å². The number of hydrogen-bond acceptors (Lipinski definition) is 7. The van der Waals surface area contributed by atoms with E-state index in [-0.39, 0.29) is 24.4 Å². The van der Waals surface area contributed by atoms with Crippen molar-refractivity contribution in [3.8, 4) is 11.4 Å². The van der Waals surface area contributed by atoms with Crippen molar-refractivity contribution in [3.05, 3.63) is 56.9 Å². The SMILES string of the molecule is CC[C@@]1(O)C(=O)OCc2c1cc1n(c2=O)Cc2cc3c(N)c(CCC(C)=O)ccc3nc2-1. The fourth-order valence-electron chi connectivity index (χ4n) is 4.65. The first-order valence-corrected chi connectivity index (χ1v) is 10.6. The number of fused-ring (bicyclic) bond motifs is 5. The van der Waals surface area contributed by atoms with Crippen molar-refractivity contribution >= 4 is 28.3 Å². The van der Waals surface area contributed by atoms with Crippen LogP contribution in [0.25, 0.3) is 22.3 Å². The Hall–Kier alpha value is -3.52. The van der Waals surface area contributed by atoms with E-state index >= 15 is 0 Å². The molecule has 2 aromatic heterocycles. The number of carbonyl (C=O) groups is 2. The lowest BCUT2D eigenvalue weighted by atomic mass is 9.86. The highest BCUT2D eigenvalue weighted by molar-refractivity contribution is 5.95. The summed E-state index contributed by atoms with van der Waals surface area (Å²) < 4.78 is 6.70. The summed E-state index contributed by atoms with van der Waals surface area (Å²) in [5.41, 5.74) is 9.01. The molecule has 164 valence electrons. The fraction of sp³-hybridized carbons (Fsp3) is 0.333. The van der Waals surface area contributed by atoms with Crippen LogP contribution in [0.15, 0.2) is 29.1 Å². The molecule has 0 spiro atoms. The van der Waals surface area contributed by atoms with Crippen LogP contribution in [-0.2, 0) is 39.5 Å². The molecule has 4 heterocycles. The van der Waals surface area contributed by atoms with Gasteiger partial charge in [0.2, 0.25) is 0 Å². The van der Waals surface area contributed by atoms with E-state index < -0.39 is 11.6 Å². The number of pyridine rings is 2. The average Bonchev–Trinajstić information content (AvgIpc) is 3.13. The lowest BCUT2D eigenvalue weighted by Crippen LogP contribution is -2.44. The Kier molecular flexibility index (Phi) is 4.46. The Labute approximate surface area is 183 Å². The van der Waals surface area contributed by atoms with E-state index in [1.807, 2.05) is 18.2 Å². The molecule has 1 aromatic carbocycles. The number of nitrogens with two attached hydrogens (primary N) is 1. The van der Waals surface area contributed by atoms with Crippen molar-refractivity contribution in [2.24, 2.45) is 0 Å². The predicted molar refractivity (Wildman–Crippen MR) is 118 cm³/mol. The number of cyclic esters (lactones) is 1. The van der Waals surface area contributed by atoms with Gasteiger partial charge in [0.15, 0.2) is 5.60 Å². The van der Waals surface area contributed by atoms with Crippen LogP contribution in [0.3, 0.4) is 0 Å². The summed E-state index contributed by atoms with van der Waals surface area (Å²) in [6.07, 6.45) is 1.07. The summed E-state index contributed by atoms with van der Waals surface area (Å²) in [7, 11) is 0. The number of carbonyl (C=O) groups excluding carboxylic acids is 2. The molecule has 3 aromatic rings. The van der Waals surface area contributed by atoms with Crippen LogP contribution in [0.1, 0.15) is 48.9 Å². The van der Waals surface area contributed by atoms with Gasteiger partial charge >= 0.3 is 5.97 Å². The molecule has 3 N–H and O–H groups in total. The lowest BCUT2D eigenvalue weighted by Gasteiger charge is -2.31. The van der Waals surface area contributed by atoms with Gasteiger partial charge in [0.1, 0.15) is 12.4 Å². The summed E-state index contributed by atoms with van der Waals surface area (Å²) in [6, 6.07) is 7.36. The fourth-order valence-corrected chi connectivity index (χ4v) is 4.65. The highest BCUT2D eigenvalue weighted by Gasteiger charge is 2.45. The van der Waals surface area contributed by atoms with Crippen LogP contribution in [-0.4, -0.2) is 26.4 Å². The predicted octanol–water partition coefficient (Wildman–Crippen LogP) is 2.18. The first-order valence-electron chi connectivity index (χ1n) is 10.6. The van der Waals surface area contributed by atoms with Crippen LogP contribution >= 0.6 is 0 Å². The van der Waals surface area contributed by atoms with Crippen molar-refractivity contribution < 1.29 is 19.4 Å². The molecule has 8 nitrogen and oxygen atoms in total. The third-order valence-electron chi connectivity index (χ3n) is 6.57. The molecule has 2 aliphatic rings. The van der Waals surface area contributed by atoms with E-state index in [1.54, 1.807) is 24.5 Å². The number of aliphatic hydroxyl groups is 1. The Morgan fingerprint density at radius 1 is 1.31 bits per heavy atom. The number of anilines is 1. The number of esters is 1. The maximum absolute atomic E-state index is 13.2. The summed E-state index contributed by atoms with van der Waals surface area (Å²) in [5, 5.41) is 11.7. The maximum atomic E-state index is 13.2. The summed E-state index contributed by atoms with van der Waals surface area (Å²) in [4.78, 5) is 41.6. The van der Waals surface area contributed by atoms with E-state index in [0.29, 0.717) is 53.1 Å². The second-order valence-electron chi connectivity index (χ2n) is 8.51. The van der Waals surface area contributed by atoms with E-state index in [1.165, 1.54) is 0 Å². The number of rotatable bonds is 4. The Balaban J connectivity index is 1.67. The van der Waals surface area contributed by atoms with Gasteiger partial charge in [0, 0.05) is 28.6 Å². The minimum absolute atomic E-state index is 0.0965. The third-order valence-corrected chi connectivity index (χ3v) is 6.57. The molecule has 0 unspecified atom stereocenters. The van der Waals surface area contributed by atoms with Crippen LogP contribution < -0.4 is 11.3 Å². The monoisotopic (exact) mass is 433 g/mol. The number of nitrogens with zero attached hydrogens (tertiary/aromatic N) is 2. The molecule has 5 rings (SSSR count). The molecule has 0 saturated carbocycles. The summed E-state index contributed by atoms with van der Waals surface area (Å²) in [5.74, 6) is -0.641. The minimum atomic E-state index is -1.85. The van der Waals surface area contributed by atoms with Crippen molar-refractivity contribution in [2.45, 2.75) is 51.9 Å². The van der Waals surface area contributed by atoms with Gasteiger partial charge < -0.3 is 24.9 Å². The zero-order valence-electron chi connectivity index (χ0n) is 17.9. The van der Waals surface area contributed by atoms with E-state index in [4.69, 9.17) is 15.5 Å². The first kappa shape index (κ1) is 20.4. The number of ketones is 1. The average molecular weight is 433 g/mol. The summed E-state index contributed by atoms with van der Waals surface area (Å²) in [6.45, 7) is 3.38. The van der Waals surface area contributed by atoms with Crippen LogP contribution in [0.4, 0.5) is 5.69 Å². The highest BCUT2D eigenvalue weighted by Crippen LogP contribution is 2.39. The molecule has 0 bridgehead atoms. The number of ether oxygens (including phenoxy) is 1. The highest BCUT2D eigenvalue weighted by atomic mass is 16.6. The second-order valence-corrected chi connectivity index (χ2v) is 8.51. The molecule has 0 fully saturated rings. The second kappa shape index (κ2) is 7.00. The zero-order chi connectivity index (χ0) is 22.8. The number of benzene rings is 1. The largest absolute Gasteiger partial charge is 0.458 e. The van der Waals surface area contributed by atoms with E-state index in [2.05, 4.69) is 0 Å². The molecular formula is C24H23N3O5. The Morgan fingerprint density at radius 3 is 2.81 bits per heavy atom. The molecule has 1 atom stereocenters. The Morgan fingerprint density at radius 2 is 2.09 bits per heavy atom. The van der Waals surface area contributed by atoms with Crippen LogP contribution in [0.2, 0.25) is 0 Å². The number of hydrogen-bond donors (Lipinski definition) is 2.